The topological polar surface area (TPSA) is 65.4 Å². The van der Waals surface area contributed by atoms with E-state index < -0.39 is 16.0 Å². The lowest BCUT2D eigenvalue weighted by molar-refractivity contribution is 0.0601. The molecule has 5 nitrogen and oxygen atoms in total. The third-order valence-electron chi connectivity index (χ3n) is 3.81. The van der Waals surface area contributed by atoms with E-state index in [4.69, 9.17) is 4.74 Å². The zero-order valence-corrected chi connectivity index (χ0v) is 14.4. The van der Waals surface area contributed by atoms with Gasteiger partial charge in [-0.15, -0.1) is 0 Å². The molecule has 0 amide bonds. The van der Waals surface area contributed by atoms with Crippen LogP contribution in [0.2, 0.25) is 0 Å². The molecule has 0 unspecified atom stereocenters. The van der Waals surface area contributed by atoms with Gasteiger partial charge in [0.1, 0.15) is 0 Å². The van der Waals surface area contributed by atoms with Crippen LogP contribution in [0.1, 0.15) is 21.6 Å². The Hall–Kier alpha value is -2.86. The Morgan fingerprint density at radius 2 is 1.60 bits per heavy atom. The number of nitrogens with zero attached hydrogens (tertiary/aromatic N) is 1. The highest BCUT2D eigenvalue weighted by Crippen LogP contribution is 2.21. The molecule has 1 aromatic heterocycles. The molecule has 0 radical (unpaired) electrons. The molecule has 3 rings (SSSR count). The van der Waals surface area contributed by atoms with Crippen molar-refractivity contribution in [2.24, 2.45) is 0 Å². The number of methoxy groups -OCH3 is 1. The molecular formula is C19H17NO4S. The molecule has 0 aliphatic heterocycles. The zero-order valence-electron chi connectivity index (χ0n) is 13.6. The van der Waals surface area contributed by atoms with Crippen molar-refractivity contribution in [3.63, 3.8) is 0 Å². The number of benzene rings is 2. The number of carbonyl (C=O) groups excluding carboxylic acids is 1. The van der Waals surface area contributed by atoms with Crippen LogP contribution in [0.25, 0.3) is 0 Å². The van der Waals surface area contributed by atoms with Gasteiger partial charge in [-0.3, -0.25) is 0 Å². The Labute approximate surface area is 146 Å². The first-order valence-corrected chi connectivity index (χ1v) is 9.10. The quantitative estimate of drug-likeness (QED) is 0.660. The van der Waals surface area contributed by atoms with Crippen LogP contribution in [0.15, 0.2) is 77.8 Å². The molecule has 0 spiro atoms. The van der Waals surface area contributed by atoms with Crippen LogP contribution < -0.4 is 0 Å². The van der Waals surface area contributed by atoms with Gasteiger partial charge in [0.05, 0.1) is 17.6 Å². The van der Waals surface area contributed by atoms with Gasteiger partial charge in [-0.2, -0.15) is 0 Å². The second-order valence-electron chi connectivity index (χ2n) is 5.49. The van der Waals surface area contributed by atoms with Gasteiger partial charge in [0.2, 0.25) is 0 Å². The molecule has 6 heteroatoms. The van der Waals surface area contributed by atoms with E-state index in [1.807, 2.05) is 30.3 Å². The Morgan fingerprint density at radius 1 is 1.00 bits per heavy atom. The average Bonchev–Trinajstić information content (AvgIpc) is 3.07. The molecule has 128 valence electrons. The highest BCUT2D eigenvalue weighted by atomic mass is 32.2. The van der Waals surface area contributed by atoms with Crippen LogP contribution >= 0.6 is 0 Å². The summed E-state index contributed by atoms with van der Waals surface area (Å²) in [6.07, 6.45) is 1.69. The fourth-order valence-electron chi connectivity index (χ4n) is 2.58. The molecular weight excluding hydrogens is 338 g/mol. The molecule has 0 aliphatic rings. The molecule has 0 fully saturated rings. The molecule has 0 N–H and O–H groups in total. The first-order valence-electron chi connectivity index (χ1n) is 7.66. The average molecular weight is 355 g/mol. The van der Waals surface area contributed by atoms with Crippen molar-refractivity contribution in [3.05, 3.63) is 89.7 Å². The Balaban J connectivity index is 2.11. The summed E-state index contributed by atoms with van der Waals surface area (Å²) in [5.74, 6) is -0.573. The first kappa shape index (κ1) is 17.0. The third kappa shape index (κ3) is 3.49. The number of carbonyl (C=O) groups is 1. The van der Waals surface area contributed by atoms with Gasteiger partial charge in [-0.05, 0) is 23.8 Å². The Kier molecular flexibility index (Phi) is 4.72. The summed E-state index contributed by atoms with van der Waals surface area (Å²) in [6.45, 7) is 0. The maximum Gasteiger partial charge on any atom is 0.339 e. The fourth-order valence-corrected chi connectivity index (χ4v) is 3.99. The standard InChI is InChI=1S/C19H17NO4S/c1-24-19(21)16-13-17(12-15-8-4-2-5-9-15)20(14-16)25(22,23)18-10-6-3-7-11-18/h2-11,13-14H,12H2,1H3. The molecule has 0 aliphatic carbocycles. The molecule has 0 saturated carbocycles. The van der Waals surface area contributed by atoms with Crippen LogP contribution in [0, 0.1) is 0 Å². The van der Waals surface area contributed by atoms with Gasteiger partial charge in [0.15, 0.2) is 0 Å². The van der Waals surface area contributed by atoms with Crippen molar-refractivity contribution in [2.75, 3.05) is 7.11 Å². The normalized spacial score (nSPS) is 11.2. The molecule has 0 atom stereocenters. The number of hydrogen-bond acceptors (Lipinski definition) is 4. The summed E-state index contributed by atoms with van der Waals surface area (Å²) in [5.41, 5.74) is 1.64. The van der Waals surface area contributed by atoms with E-state index in [0.29, 0.717) is 12.1 Å². The second kappa shape index (κ2) is 6.94. The maximum atomic E-state index is 13.0. The number of esters is 1. The molecule has 2 aromatic carbocycles. The lowest BCUT2D eigenvalue weighted by Crippen LogP contribution is -2.15. The molecule has 3 aromatic rings. The maximum absolute atomic E-state index is 13.0. The van der Waals surface area contributed by atoms with E-state index in [-0.39, 0.29) is 10.5 Å². The summed E-state index contributed by atoms with van der Waals surface area (Å²) in [6, 6.07) is 19.2. The highest BCUT2D eigenvalue weighted by molar-refractivity contribution is 7.90. The predicted molar refractivity (Wildman–Crippen MR) is 94.0 cm³/mol. The van der Waals surface area contributed by atoms with Gasteiger partial charge in [-0.1, -0.05) is 48.5 Å². The predicted octanol–water partition coefficient (Wildman–Crippen LogP) is 3.10. The van der Waals surface area contributed by atoms with Crippen molar-refractivity contribution in [3.8, 4) is 0 Å². The van der Waals surface area contributed by atoms with Crippen LogP contribution in [0.3, 0.4) is 0 Å². The third-order valence-corrected chi connectivity index (χ3v) is 5.54. The van der Waals surface area contributed by atoms with Gasteiger partial charge < -0.3 is 4.74 Å². The van der Waals surface area contributed by atoms with Gasteiger partial charge in [0.25, 0.3) is 10.0 Å². The summed E-state index contributed by atoms with van der Waals surface area (Å²) in [4.78, 5) is 12.0. The van der Waals surface area contributed by atoms with Crippen molar-refractivity contribution in [1.82, 2.24) is 3.97 Å². The van der Waals surface area contributed by atoms with Crippen LogP contribution in [-0.4, -0.2) is 25.5 Å². The van der Waals surface area contributed by atoms with E-state index in [1.54, 1.807) is 24.3 Å². The molecule has 1 heterocycles. The van der Waals surface area contributed by atoms with E-state index in [9.17, 15) is 13.2 Å². The minimum Gasteiger partial charge on any atom is -0.465 e. The summed E-state index contributed by atoms with van der Waals surface area (Å²) in [7, 11) is -2.54. The second-order valence-corrected chi connectivity index (χ2v) is 7.30. The fraction of sp³-hybridized carbons (Fsp3) is 0.105. The Morgan fingerprint density at radius 3 is 2.20 bits per heavy atom. The van der Waals surface area contributed by atoms with Crippen molar-refractivity contribution >= 4 is 16.0 Å². The highest BCUT2D eigenvalue weighted by Gasteiger charge is 2.23. The smallest absolute Gasteiger partial charge is 0.339 e. The monoisotopic (exact) mass is 355 g/mol. The van der Waals surface area contributed by atoms with Crippen molar-refractivity contribution in [2.45, 2.75) is 11.3 Å². The van der Waals surface area contributed by atoms with E-state index in [2.05, 4.69) is 0 Å². The van der Waals surface area contributed by atoms with Crippen molar-refractivity contribution < 1.29 is 17.9 Å². The minimum atomic E-state index is -3.80. The number of rotatable bonds is 5. The molecule has 25 heavy (non-hydrogen) atoms. The number of hydrogen-bond donors (Lipinski definition) is 0. The molecule has 0 saturated heterocycles. The van der Waals surface area contributed by atoms with E-state index in [0.717, 1.165) is 9.54 Å². The van der Waals surface area contributed by atoms with Crippen LogP contribution in [0.5, 0.6) is 0 Å². The van der Waals surface area contributed by atoms with Crippen LogP contribution in [-0.2, 0) is 21.2 Å². The Bertz CT molecular complexity index is 977. The lowest BCUT2D eigenvalue weighted by Gasteiger charge is -2.10. The van der Waals surface area contributed by atoms with Gasteiger partial charge in [0, 0.05) is 18.3 Å². The minimum absolute atomic E-state index is 0.163. The van der Waals surface area contributed by atoms with Crippen molar-refractivity contribution in [1.29, 1.82) is 0 Å². The van der Waals surface area contributed by atoms with Gasteiger partial charge >= 0.3 is 5.97 Å². The number of aromatic nitrogens is 1. The summed E-state index contributed by atoms with van der Waals surface area (Å²) < 4.78 is 31.8. The summed E-state index contributed by atoms with van der Waals surface area (Å²) >= 11 is 0. The van der Waals surface area contributed by atoms with E-state index >= 15 is 0 Å². The number of ether oxygens (including phenoxy) is 1. The first-order chi connectivity index (χ1) is 12.0. The van der Waals surface area contributed by atoms with Crippen LogP contribution in [0.4, 0.5) is 0 Å². The summed E-state index contributed by atoms with van der Waals surface area (Å²) in [5, 5.41) is 0. The molecule has 0 bridgehead atoms. The van der Waals surface area contributed by atoms with E-state index in [1.165, 1.54) is 25.4 Å². The lowest BCUT2D eigenvalue weighted by atomic mass is 10.1. The largest absolute Gasteiger partial charge is 0.465 e. The SMILES string of the molecule is COC(=O)c1cc(Cc2ccccc2)n(S(=O)(=O)c2ccccc2)c1. The van der Waals surface area contributed by atoms with Gasteiger partial charge in [-0.25, -0.2) is 17.2 Å². The zero-order chi connectivity index (χ0) is 17.9.